The Kier molecular flexibility index (Phi) is 2.60. The minimum absolute atomic E-state index is 0.500. The molecule has 1 aliphatic rings. The predicted molar refractivity (Wildman–Crippen MR) is 63.7 cm³/mol. The zero-order valence-electron chi connectivity index (χ0n) is 9.80. The van der Waals surface area contributed by atoms with Crippen LogP contribution in [0.1, 0.15) is 23.3 Å². The van der Waals surface area contributed by atoms with E-state index in [4.69, 9.17) is 0 Å². The van der Waals surface area contributed by atoms with Gasteiger partial charge in [0, 0.05) is 25.2 Å². The summed E-state index contributed by atoms with van der Waals surface area (Å²) in [6.45, 7) is 4.75. The molecule has 3 rings (SSSR count). The van der Waals surface area contributed by atoms with Crippen molar-refractivity contribution in [2.24, 2.45) is 0 Å². The molecule has 5 heteroatoms. The lowest BCUT2D eigenvalue weighted by molar-refractivity contribution is 0.415. The molecule has 3 heterocycles. The third-order valence-electron chi connectivity index (χ3n) is 3.16. The van der Waals surface area contributed by atoms with E-state index in [1.165, 1.54) is 0 Å². The molecule has 0 aromatic carbocycles. The van der Waals surface area contributed by atoms with Gasteiger partial charge in [0.25, 0.3) is 0 Å². The highest BCUT2D eigenvalue weighted by Gasteiger charge is 2.25. The maximum absolute atomic E-state index is 4.35. The summed E-state index contributed by atoms with van der Waals surface area (Å²) in [5.41, 5.74) is 1.05. The fourth-order valence-electron chi connectivity index (χ4n) is 2.02. The summed E-state index contributed by atoms with van der Waals surface area (Å²) in [5, 5.41) is 11.7. The Bertz CT molecular complexity index is 501. The van der Waals surface area contributed by atoms with Gasteiger partial charge in [0.15, 0.2) is 0 Å². The van der Waals surface area contributed by atoms with Crippen LogP contribution >= 0.6 is 0 Å². The third kappa shape index (κ3) is 1.93. The van der Waals surface area contributed by atoms with Crippen LogP contribution in [0.25, 0.3) is 0 Å². The summed E-state index contributed by atoms with van der Waals surface area (Å²) in [6, 6.07) is 5.97. The average molecular weight is 229 g/mol. The molecule has 2 aromatic rings. The summed E-state index contributed by atoms with van der Waals surface area (Å²) in [6.07, 6.45) is 1.82. The Balaban J connectivity index is 1.89. The molecule has 0 aliphatic carbocycles. The predicted octanol–water partition coefficient (Wildman–Crippen LogP) is 0.717. The standard InChI is InChI=1S/C12H15N5/c1-9-15-16-12(10-6-13-7-10)17(9)8-11-4-2-3-5-14-11/h2-5,10,13H,6-8H2,1H3. The second-order valence-corrected chi connectivity index (χ2v) is 4.37. The number of aryl methyl sites for hydroxylation is 1. The van der Waals surface area contributed by atoms with Crippen LogP contribution in [-0.4, -0.2) is 32.8 Å². The van der Waals surface area contributed by atoms with E-state index in [0.29, 0.717) is 5.92 Å². The summed E-state index contributed by atoms with van der Waals surface area (Å²) >= 11 is 0. The van der Waals surface area contributed by atoms with Crippen molar-refractivity contribution >= 4 is 0 Å². The molecular weight excluding hydrogens is 214 g/mol. The first-order chi connectivity index (χ1) is 8.34. The molecule has 0 radical (unpaired) electrons. The van der Waals surface area contributed by atoms with Crippen LogP contribution in [0.4, 0.5) is 0 Å². The molecule has 17 heavy (non-hydrogen) atoms. The van der Waals surface area contributed by atoms with Crippen molar-refractivity contribution < 1.29 is 0 Å². The fraction of sp³-hybridized carbons (Fsp3) is 0.417. The highest BCUT2D eigenvalue weighted by atomic mass is 15.3. The lowest BCUT2D eigenvalue weighted by Gasteiger charge is -2.26. The zero-order valence-corrected chi connectivity index (χ0v) is 9.80. The molecular formula is C12H15N5. The number of nitrogens with one attached hydrogen (secondary N) is 1. The Hall–Kier alpha value is -1.75. The number of hydrogen-bond acceptors (Lipinski definition) is 4. The average Bonchev–Trinajstić information content (AvgIpc) is 2.61. The van der Waals surface area contributed by atoms with Gasteiger partial charge in [0.2, 0.25) is 0 Å². The topological polar surface area (TPSA) is 55.6 Å². The number of rotatable bonds is 3. The van der Waals surface area contributed by atoms with E-state index < -0.39 is 0 Å². The quantitative estimate of drug-likeness (QED) is 0.842. The van der Waals surface area contributed by atoms with Gasteiger partial charge in [-0.05, 0) is 19.1 Å². The van der Waals surface area contributed by atoms with E-state index in [9.17, 15) is 0 Å². The fourth-order valence-corrected chi connectivity index (χ4v) is 2.02. The lowest BCUT2D eigenvalue weighted by Crippen LogP contribution is -2.41. The largest absolute Gasteiger partial charge is 0.315 e. The van der Waals surface area contributed by atoms with Gasteiger partial charge in [-0.1, -0.05) is 6.07 Å². The van der Waals surface area contributed by atoms with E-state index in [-0.39, 0.29) is 0 Å². The Morgan fingerprint density at radius 1 is 1.35 bits per heavy atom. The van der Waals surface area contributed by atoms with E-state index in [2.05, 4.69) is 25.1 Å². The van der Waals surface area contributed by atoms with Crippen LogP contribution < -0.4 is 5.32 Å². The molecule has 88 valence electrons. The molecule has 5 nitrogen and oxygen atoms in total. The Morgan fingerprint density at radius 3 is 2.88 bits per heavy atom. The molecule has 0 amide bonds. The first-order valence-corrected chi connectivity index (χ1v) is 5.85. The number of nitrogens with zero attached hydrogens (tertiary/aromatic N) is 4. The second-order valence-electron chi connectivity index (χ2n) is 4.37. The van der Waals surface area contributed by atoms with E-state index in [1.807, 2.05) is 31.3 Å². The molecule has 1 aliphatic heterocycles. The summed E-state index contributed by atoms with van der Waals surface area (Å²) in [4.78, 5) is 4.35. The van der Waals surface area contributed by atoms with Gasteiger partial charge in [-0.15, -0.1) is 10.2 Å². The first-order valence-electron chi connectivity index (χ1n) is 5.85. The normalized spacial score (nSPS) is 15.8. The summed E-state index contributed by atoms with van der Waals surface area (Å²) < 4.78 is 2.16. The van der Waals surface area contributed by atoms with Gasteiger partial charge >= 0.3 is 0 Å². The molecule has 1 N–H and O–H groups in total. The number of aromatic nitrogens is 4. The Labute approximate surface area is 99.9 Å². The van der Waals surface area contributed by atoms with Crippen LogP contribution in [0, 0.1) is 6.92 Å². The van der Waals surface area contributed by atoms with Crippen molar-refractivity contribution in [2.75, 3.05) is 13.1 Å². The molecule has 0 unspecified atom stereocenters. The molecule has 1 fully saturated rings. The molecule has 1 saturated heterocycles. The van der Waals surface area contributed by atoms with E-state index >= 15 is 0 Å². The number of hydrogen-bond donors (Lipinski definition) is 1. The number of pyridine rings is 1. The maximum Gasteiger partial charge on any atom is 0.139 e. The first kappa shape index (κ1) is 10.4. The van der Waals surface area contributed by atoms with Crippen molar-refractivity contribution in [1.29, 1.82) is 0 Å². The molecule has 2 aromatic heterocycles. The highest BCUT2D eigenvalue weighted by Crippen LogP contribution is 2.19. The van der Waals surface area contributed by atoms with Crippen molar-refractivity contribution in [3.05, 3.63) is 41.7 Å². The van der Waals surface area contributed by atoms with Gasteiger partial charge in [-0.2, -0.15) is 0 Å². The van der Waals surface area contributed by atoms with Crippen molar-refractivity contribution in [1.82, 2.24) is 25.1 Å². The van der Waals surface area contributed by atoms with Crippen molar-refractivity contribution in [2.45, 2.75) is 19.4 Å². The van der Waals surface area contributed by atoms with Gasteiger partial charge in [0.05, 0.1) is 12.2 Å². The molecule has 0 saturated carbocycles. The molecule has 0 atom stereocenters. The van der Waals surface area contributed by atoms with Crippen LogP contribution in [0.5, 0.6) is 0 Å². The minimum atomic E-state index is 0.500. The van der Waals surface area contributed by atoms with Gasteiger partial charge in [0.1, 0.15) is 11.6 Å². The van der Waals surface area contributed by atoms with Crippen molar-refractivity contribution in [3.8, 4) is 0 Å². The summed E-state index contributed by atoms with van der Waals surface area (Å²) in [5.74, 6) is 2.53. The third-order valence-corrected chi connectivity index (χ3v) is 3.16. The zero-order chi connectivity index (χ0) is 11.7. The van der Waals surface area contributed by atoms with E-state index in [0.717, 1.165) is 37.0 Å². The lowest BCUT2D eigenvalue weighted by atomic mass is 10.0. The maximum atomic E-state index is 4.35. The SMILES string of the molecule is Cc1nnc(C2CNC2)n1Cc1ccccn1. The minimum Gasteiger partial charge on any atom is -0.315 e. The second kappa shape index (κ2) is 4.25. The molecule has 0 bridgehead atoms. The van der Waals surface area contributed by atoms with Gasteiger partial charge in [-0.3, -0.25) is 4.98 Å². The van der Waals surface area contributed by atoms with Crippen LogP contribution in [0.15, 0.2) is 24.4 Å². The molecule has 0 spiro atoms. The highest BCUT2D eigenvalue weighted by molar-refractivity contribution is 5.11. The van der Waals surface area contributed by atoms with Crippen molar-refractivity contribution in [3.63, 3.8) is 0 Å². The van der Waals surface area contributed by atoms with Crippen LogP contribution in [-0.2, 0) is 6.54 Å². The van der Waals surface area contributed by atoms with Gasteiger partial charge < -0.3 is 9.88 Å². The monoisotopic (exact) mass is 229 g/mol. The van der Waals surface area contributed by atoms with Crippen LogP contribution in [0.2, 0.25) is 0 Å². The summed E-state index contributed by atoms with van der Waals surface area (Å²) in [7, 11) is 0. The Morgan fingerprint density at radius 2 is 2.24 bits per heavy atom. The van der Waals surface area contributed by atoms with Gasteiger partial charge in [-0.25, -0.2) is 0 Å². The smallest absolute Gasteiger partial charge is 0.139 e. The van der Waals surface area contributed by atoms with E-state index in [1.54, 1.807) is 0 Å². The van der Waals surface area contributed by atoms with Crippen LogP contribution in [0.3, 0.4) is 0 Å².